The fourth-order valence-electron chi connectivity index (χ4n) is 5.63. The number of hydrogen-bond acceptors (Lipinski definition) is 14. The molecule has 2 aliphatic carbocycles. The molecule has 0 atom stereocenters. The predicted molar refractivity (Wildman–Crippen MR) is 142 cm³/mol. The molecular formula is C31H32O14-2. The first-order valence-electron chi connectivity index (χ1n) is 14.6. The SMILES string of the molecule is CCOC(=O)C1CCC2(CC1)OC(=O)C(=C/C=C(C)/C=C/C1=C([O-])OC3(CCC4(CC3)OC(=O)C(C)=C([O-])O4)OC1=O)C(=O)O2. The van der Waals surface area contributed by atoms with Gasteiger partial charge in [0.25, 0.3) is 5.79 Å². The van der Waals surface area contributed by atoms with Gasteiger partial charge in [-0.2, -0.15) is 0 Å². The van der Waals surface area contributed by atoms with E-state index >= 15 is 0 Å². The Morgan fingerprint density at radius 1 is 0.800 bits per heavy atom. The lowest BCUT2D eigenvalue weighted by Gasteiger charge is -2.53. The molecule has 3 aliphatic heterocycles. The van der Waals surface area contributed by atoms with Gasteiger partial charge in [-0.3, -0.25) is 4.79 Å². The first-order valence-corrected chi connectivity index (χ1v) is 14.6. The highest BCUT2D eigenvalue weighted by atomic mass is 16.8. The average Bonchev–Trinajstić information content (AvgIpc) is 2.97. The zero-order valence-electron chi connectivity index (χ0n) is 25.0. The second kappa shape index (κ2) is 12.0. The van der Waals surface area contributed by atoms with Gasteiger partial charge in [0.05, 0.1) is 35.6 Å². The lowest BCUT2D eigenvalue weighted by molar-refractivity contribution is -0.422. The van der Waals surface area contributed by atoms with Crippen LogP contribution in [-0.4, -0.2) is 53.8 Å². The minimum absolute atomic E-state index is 0.0416. The third-order valence-corrected chi connectivity index (χ3v) is 8.33. The Labute approximate surface area is 257 Å². The molecule has 1 saturated heterocycles. The molecule has 0 bridgehead atoms. The van der Waals surface area contributed by atoms with Crippen LogP contribution in [0.1, 0.15) is 72.1 Å². The van der Waals surface area contributed by atoms with E-state index in [2.05, 4.69) is 0 Å². The minimum Gasteiger partial charge on any atom is -0.574 e. The largest absolute Gasteiger partial charge is 0.574 e. The molecule has 2 saturated carbocycles. The van der Waals surface area contributed by atoms with Gasteiger partial charge in [0.2, 0.25) is 0 Å². The van der Waals surface area contributed by atoms with Crippen molar-refractivity contribution in [2.75, 3.05) is 6.61 Å². The summed E-state index contributed by atoms with van der Waals surface area (Å²) in [6.45, 7) is 4.86. The number of ether oxygens (including phenoxy) is 7. The van der Waals surface area contributed by atoms with Crippen LogP contribution < -0.4 is 10.2 Å². The second-order valence-corrected chi connectivity index (χ2v) is 11.5. The number of hydrogen-bond donors (Lipinski definition) is 0. The average molecular weight is 629 g/mol. The van der Waals surface area contributed by atoms with Crippen molar-refractivity contribution in [2.45, 2.75) is 89.5 Å². The molecule has 0 amide bonds. The van der Waals surface area contributed by atoms with Gasteiger partial charge in [0, 0.05) is 38.5 Å². The monoisotopic (exact) mass is 628 g/mol. The molecule has 0 aromatic carbocycles. The first-order chi connectivity index (χ1) is 21.3. The molecule has 14 heteroatoms. The molecule has 0 aromatic heterocycles. The quantitative estimate of drug-likeness (QED) is 0.139. The summed E-state index contributed by atoms with van der Waals surface area (Å²) in [7, 11) is 0. The topological polar surface area (TPSA) is 196 Å². The van der Waals surface area contributed by atoms with Crippen LogP contribution in [0.4, 0.5) is 0 Å². The van der Waals surface area contributed by atoms with E-state index in [9.17, 15) is 34.2 Å². The van der Waals surface area contributed by atoms with Crippen molar-refractivity contribution < 1.29 is 67.3 Å². The molecule has 0 aromatic rings. The summed E-state index contributed by atoms with van der Waals surface area (Å²) in [5.74, 6) is -10.4. The smallest absolute Gasteiger partial charge is 0.348 e. The summed E-state index contributed by atoms with van der Waals surface area (Å²) in [5.41, 5.74) is -0.469. The van der Waals surface area contributed by atoms with E-state index in [-0.39, 0.29) is 73.7 Å². The summed E-state index contributed by atoms with van der Waals surface area (Å²) in [6, 6.07) is 0. The van der Waals surface area contributed by atoms with Crippen LogP contribution >= 0.6 is 0 Å². The van der Waals surface area contributed by atoms with Gasteiger partial charge >= 0.3 is 29.8 Å². The van der Waals surface area contributed by atoms with Crippen LogP contribution in [0.2, 0.25) is 0 Å². The molecule has 0 N–H and O–H groups in total. The zero-order valence-corrected chi connectivity index (χ0v) is 25.0. The Kier molecular flexibility index (Phi) is 8.43. The van der Waals surface area contributed by atoms with Crippen molar-refractivity contribution in [2.24, 2.45) is 5.92 Å². The Balaban J connectivity index is 1.19. The van der Waals surface area contributed by atoms with Gasteiger partial charge in [-0.1, -0.05) is 17.7 Å². The van der Waals surface area contributed by atoms with Crippen LogP contribution in [0.25, 0.3) is 0 Å². The molecular weight excluding hydrogens is 596 g/mol. The fourth-order valence-corrected chi connectivity index (χ4v) is 5.63. The maximum atomic E-state index is 12.8. The van der Waals surface area contributed by atoms with Crippen LogP contribution in [0.5, 0.6) is 0 Å². The number of rotatable bonds is 5. The number of allylic oxidation sites excluding steroid dienone is 4. The normalized spacial score (nSPS) is 32.2. The van der Waals surface area contributed by atoms with Gasteiger partial charge in [-0.25, -0.2) is 19.2 Å². The van der Waals surface area contributed by atoms with Crippen LogP contribution in [0, 0.1) is 5.92 Å². The van der Waals surface area contributed by atoms with Crippen molar-refractivity contribution in [1.29, 1.82) is 0 Å². The number of carbonyl (C=O) groups is 5. The van der Waals surface area contributed by atoms with E-state index in [0.29, 0.717) is 18.4 Å². The zero-order chi connectivity index (χ0) is 32.6. The molecule has 3 heterocycles. The highest BCUT2D eigenvalue weighted by Crippen LogP contribution is 2.46. The lowest BCUT2D eigenvalue weighted by Crippen LogP contribution is -2.54. The summed E-state index contributed by atoms with van der Waals surface area (Å²) in [6.07, 6.45) is 6.01. The Hall–Kier alpha value is -4.75. The highest BCUT2D eigenvalue weighted by Gasteiger charge is 2.50. The van der Waals surface area contributed by atoms with E-state index < -0.39 is 53.1 Å². The summed E-state index contributed by atoms with van der Waals surface area (Å²) >= 11 is 0. The van der Waals surface area contributed by atoms with Crippen molar-refractivity contribution in [1.82, 2.24) is 0 Å². The Bertz CT molecular complexity index is 1440. The maximum absolute atomic E-state index is 12.8. The van der Waals surface area contributed by atoms with Crippen molar-refractivity contribution >= 4 is 29.8 Å². The Morgan fingerprint density at radius 3 is 1.84 bits per heavy atom. The standard InChI is InChI=1S/C31H34O14/c1-4-39-24(34)19-9-11-29(12-10-19)42-25(35)20(26(36)43-29)7-5-17(2)6-8-21-27(37)44-31(45-28(21)38)15-13-30(14-16-31)40-22(32)18(3)23(33)41-30/h5-8,19,32,37H,4,9-16H2,1-3H3/p-2/b8-6+,17-5+,20-7?. The molecule has 0 unspecified atom stereocenters. The number of esters is 5. The predicted octanol–water partition coefficient (Wildman–Crippen LogP) is 1.24. The van der Waals surface area contributed by atoms with E-state index in [1.54, 1.807) is 13.8 Å². The van der Waals surface area contributed by atoms with E-state index in [0.717, 1.165) is 0 Å². The van der Waals surface area contributed by atoms with Gasteiger partial charge in [-0.15, -0.1) is 0 Å². The van der Waals surface area contributed by atoms with E-state index in [1.165, 1.54) is 31.2 Å². The van der Waals surface area contributed by atoms with Crippen LogP contribution in [-0.2, 0) is 57.1 Å². The molecule has 5 rings (SSSR count). The first kappa shape index (κ1) is 31.7. The van der Waals surface area contributed by atoms with E-state index in [4.69, 9.17) is 33.2 Å². The van der Waals surface area contributed by atoms with Crippen molar-refractivity contribution in [3.05, 3.63) is 58.5 Å². The molecule has 45 heavy (non-hydrogen) atoms. The molecule has 5 aliphatic rings. The van der Waals surface area contributed by atoms with Crippen molar-refractivity contribution in [3.8, 4) is 0 Å². The van der Waals surface area contributed by atoms with Gasteiger partial charge in [-0.05, 0) is 45.8 Å². The minimum atomic E-state index is -1.60. The third kappa shape index (κ3) is 6.40. The number of carbonyl (C=O) groups excluding carboxylic acids is 5. The summed E-state index contributed by atoms with van der Waals surface area (Å²) in [4.78, 5) is 62.1. The molecule has 3 spiro atoms. The van der Waals surface area contributed by atoms with Gasteiger partial charge in [0.15, 0.2) is 11.6 Å². The molecule has 3 fully saturated rings. The molecule has 14 nitrogen and oxygen atoms in total. The van der Waals surface area contributed by atoms with Crippen LogP contribution in [0.3, 0.4) is 0 Å². The highest BCUT2D eigenvalue weighted by molar-refractivity contribution is 6.15. The lowest BCUT2D eigenvalue weighted by atomic mass is 9.84. The summed E-state index contributed by atoms with van der Waals surface area (Å²) < 4.78 is 37.5. The van der Waals surface area contributed by atoms with Gasteiger partial charge < -0.3 is 43.4 Å². The molecule has 242 valence electrons. The second-order valence-electron chi connectivity index (χ2n) is 11.5. The Morgan fingerprint density at radius 2 is 1.31 bits per heavy atom. The fraction of sp³-hybridized carbons (Fsp3) is 0.516. The van der Waals surface area contributed by atoms with Crippen molar-refractivity contribution in [3.63, 3.8) is 0 Å². The molecule has 0 radical (unpaired) electrons. The van der Waals surface area contributed by atoms with Crippen LogP contribution in [0.15, 0.2) is 58.5 Å². The third-order valence-electron chi connectivity index (χ3n) is 8.33. The van der Waals surface area contributed by atoms with E-state index in [1.807, 2.05) is 0 Å². The maximum Gasteiger partial charge on any atom is 0.348 e. The van der Waals surface area contributed by atoms with Gasteiger partial charge in [0.1, 0.15) is 5.57 Å². The summed E-state index contributed by atoms with van der Waals surface area (Å²) in [5, 5.41) is 24.8.